The van der Waals surface area contributed by atoms with Crippen molar-refractivity contribution in [2.24, 2.45) is 0 Å². The van der Waals surface area contributed by atoms with Gasteiger partial charge in [0.15, 0.2) is 0 Å². The first-order chi connectivity index (χ1) is 13.5. The van der Waals surface area contributed by atoms with Crippen molar-refractivity contribution in [3.8, 4) is 0 Å². The average Bonchev–Trinajstić information content (AvgIpc) is 3.06. The summed E-state index contributed by atoms with van der Waals surface area (Å²) in [7, 11) is 1.59. The molecule has 1 amide bonds. The van der Waals surface area contributed by atoms with Gasteiger partial charge in [0, 0.05) is 67.5 Å². The molecule has 2 aromatic rings. The molecule has 28 heavy (non-hydrogen) atoms. The van der Waals surface area contributed by atoms with Crippen LogP contribution in [-0.4, -0.2) is 84.8 Å². The number of hydrogen-bond donors (Lipinski definition) is 3. The highest BCUT2D eigenvalue weighted by Gasteiger charge is 2.32. The van der Waals surface area contributed by atoms with Crippen molar-refractivity contribution in [1.82, 2.24) is 20.1 Å². The van der Waals surface area contributed by atoms with Crippen molar-refractivity contribution in [3.63, 3.8) is 0 Å². The zero-order valence-electron chi connectivity index (χ0n) is 15.8. The second-order valence-electron chi connectivity index (χ2n) is 6.83. The van der Waals surface area contributed by atoms with Gasteiger partial charge in [0.1, 0.15) is 6.04 Å². The fraction of sp³-hybridized carbons (Fsp3) is 0.474. The van der Waals surface area contributed by atoms with Crippen LogP contribution in [0.5, 0.6) is 0 Å². The van der Waals surface area contributed by atoms with Crippen LogP contribution in [0.2, 0.25) is 5.02 Å². The first-order valence-corrected chi connectivity index (χ1v) is 9.58. The lowest BCUT2D eigenvalue weighted by molar-refractivity contribution is -0.144. The Hall–Kier alpha value is -2.13. The number of piperazine rings is 1. The standard InChI is InChI=1S/C19H25ClN4O4/c1-28-9-4-21-17(25)12-23-5-7-24(8-6-23)18(19(26)27)15-11-22-16-3-2-13(20)10-14(15)16/h2-3,10-11,18,22H,4-9,12H2,1H3,(H,21,25)(H,26,27)/t18-/m0/s1. The van der Waals surface area contributed by atoms with Gasteiger partial charge in [-0.1, -0.05) is 11.6 Å². The maximum absolute atomic E-state index is 12.1. The maximum Gasteiger partial charge on any atom is 0.325 e. The predicted octanol–water partition coefficient (Wildman–Crippen LogP) is 1.33. The summed E-state index contributed by atoms with van der Waals surface area (Å²) < 4.78 is 4.92. The van der Waals surface area contributed by atoms with Crippen molar-refractivity contribution >= 4 is 34.4 Å². The number of halogens is 1. The zero-order chi connectivity index (χ0) is 20.1. The van der Waals surface area contributed by atoms with Gasteiger partial charge in [-0.2, -0.15) is 0 Å². The number of rotatable bonds is 8. The highest BCUT2D eigenvalue weighted by Crippen LogP contribution is 2.31. The van der Waals surface area contributed by atoms with Crippen LogP contribution in [0.15, 0.2) is 24.4 Å². The third-order valence-electron chi connectivity index (χ3n) is 4.97. The molecule has 0 saturated carbocycles. The number of aromatic nitrogens is 1. The van der Waals surface area contributed by atoms with Crippen molar-refractivity contribution in [3.05, 3.63) is 35.0 Å². The molecule has 0 radical (unpaired) electrons. The van der Waals surface area contributed by atoms with Crippen molar-refractivity contribution in [2.45, 2.75) is 6.04 Å². The molecular formula is C19H25ClN4O4. The number of aliphatic carboxylic acids is 1. The Morgan fingerprint density at radius 1 is 1.32 bits per heavy atom. The number of carboxylic acids is 1. The van der Waals surface area contributed by atoms with Gasteiger partial charge in [0.2, 0.25) is 5.91 Å². The Morgan fingerprint density at radius 3 is 2.75 bits per heavy atom. The van der Waals surface area contributed by atoms with Gasteiger partial charge in [-0.15, -0.1) is 0 Å². The Labute approximate surface area is 168 Å². The largest absolute Gasteiger partial charge is 0.480 e. The van der Waals surface area contributed by atoms with Crippen LogP contribution in [0.1, 0.15) is 11.6 Å². The molecule has 1 aromatic carbocycles. The van der Waals surface area contributed by atoms with Crippen LogP contribution in [0.3, 0.4) is 0 Å². The maximum atomic E-state index is 12.1. The Balaban J connectivity index is 1.64. The normalized spacial score (nSPS) is 16.9. The second-order valence-corrected chi connectivity index (χ2v) is 7.27. The second kappa shape index (κ2) is 9.38. The molecule has 1 aliphatic heterocycles. The van der Waals surface area contributed by atoms with E-state index in [9.17, 15) is 14.7 Å². The van der Waals surface area contributed by atoms with Gasteiger partial charge in [-0.05, 0) is 18.2 Å². The smallest absolute Gasteiger partial charge is 0.325 e. The van der Waals surface area contributed by atoms with Gasteiger partial charge in [0.05, 0.1) is 13.2 Å². The van der Waals surface area contributed by atoms with E-state index in [2.05, 4.69) is 10.3 Å². The van der Waals surface area contributed by atoms with E-state index in [0.29, 0.717) is 56.5 Å². The van der Waals surface area contributed by atoms with Crippen molar-refractivity contribution in [1.29, 1.82) is 0 Å². The summed E-state index contributed by atoms with van der Waals surface area (Å²) in [5.41, 5.74) is 1.56. The third-order valence-corrected chi connectivity index (χ3v) is 5.21. The summed E-state index contributed by atoms with van der Waals surface area (Å²) >= 11 is 6.10. The number of nitrogens with one attached hydrogen (secondary N) is 2. The molecule has 152 valence electrons. The third kappa shape index (κ3) is 4.82. The number of amides is 1. The minimum absolute atomic E-state index is 0.0495. The molecule has 8 nitrogen and oxygen atoms in total. The van der Waals surface area contributed by atoms with Crippen LogP contribution in [0.25, 0.3) is 10.9 Å². The molecule has 0 unspecified atom stereocenters. The molecule has 0 aliphatic carbocycles. The summed E-state index contributed by atoms with van der Waals surface area (Å²) in [6.45, 7) is 3.66. The Bertz CT molecular complexity index is 832. The first kappa shape index (κ1) is 20.6. The summed E-state index contributed by atoms with van der Waals surface area (Å²) in [6.07, 6.45) is 1.75. The van der Waals surface area contributed by atoms with Gasteiger partial charge in [0.25, 0.3) is 0 Å². The summed E-state index contributed by atoms with van der Waals surface area (Å²) in [4.78, 5) is 31.1. The number of fused-ring (bicyclic) bond motifs is 1. The predicted molar refractivity (Wildman–Crippen MR) is 107 cm³/mol. The monoisotopic (exact) mass is 408 g/mol. The summed E-state index contributed by atoms with van der Waals surface area (Å²) in [5.74, 6) is -0.946. The lowest BCUT2D eigenvalue weighted by atomic mass is 10.0. The zero-order valence-corrected chi connectivity index (χ0v) is 16.5. The van der Waals surface area contributed by atoms with Gasteiger partial charge >= 0.3 is 5.97 Å². The molecule has 0 bridgehead atoms. The van der Waals surface area contributed by atoms with E-state index in [-0.39, 0.29) is 5.91 Å². The molecule has 1 saturated heterocycles. The first-order valence-electron chi connectivity index (χ1n) is 9.21. The highest BCUT2D eigenvalue weighted by molar-refractivity contribution is 6.31. The number of H-pyrrole nitrogens is 1. The lowest BCUT2D eigenvalue weighted by Crippen LogP contribution is -2.51. The van der Waals surface area contributed by atoms with Crippen LogP contribution in [-0.2, 0) is 14.3 Å². The van der Waals surface area contributed by atoms with Gasteiger partial charge in [-0.3, -0.25) is 19.4 Å². The van der Waals surface area contributed by atoms with Gasteiger partial charge in [-0.25, -0.2) is 0 Å². The molecule has 3 rings (SSSR count). The van der Waals surface area contributed by atoms with E-state index in [1.54, 1.807) is 25.4 Å². The SMILES string of the molecule is COCCNC(=O)CN1CCN([C@H](C(=O)O)c2c[nH]c3ccc(Cl)cc23)CC1. The number of methoxy groups -OCH3 is 1. The van der Waals surface area contributed by atoms with Gasteiger partial charge < -0.3 is 20.1 Å². The van der Waals surface area contributed by atoms with E-state index in [4.69, 9.17) is 16.3 Å². The van der Waals surface area contributed by atoms with E-state index in [0.717, 1.165) is 10.9 Å². The number of ether oxygens (including phenoxy) is 1. The molecule has 1 fully saturated rings. The molecule has 2 heterocycles. The van der Waals surface area contributed by atoms with E-state index >= 15 is 0 Å². The molecule has 1 aliphatic rings. The van der Waals surface area contributed by atoms with Crippen LogP contribution < -0.4 is 5.32 Å². The van der Waals surface area contributed by atoms with Crippen LogP contribution in [0.4, 0.5) is 0 Å². The molecule has 0 spiro atoms. The van der Waals surface area contributed by atoms with E-state index in [1.165, 1.54) is 0 Å². The minimum Gasteiger partial charge on any atom is -0.480 e. The lowest BCUT2D eigenvalue weighted by Gasteiger charge is -2.37. The number of carboxylic acid groups (broad SMARTS) is 1. The number of aromatic amines is 1. The number of hydrogen-bond acceptors (Lipinski definition) is 5. The minimum atomic E-state index is -0.897. The highest BCUT2D eigenvalue weighted by atomic mass is 35.5. The molecular weight excluding hydrogens is 384 g/mol. The van der Waals surface area contributed by atoms with E-state index < -0.39 is 12.0 Å². The summed E-state index contributed by atoms with van der Waals surface area (Å²) in [6, 6.07) is 4.65. The quantitative estimate of drug-likeness (QED) is 0.570. The average molecular weight is 409 g/mol. The Morgan fingerprint density at radius 2 is 2.07 bits per heavy atom. The number of carbonyl (C=O) groups is 2. The molecule has 1 atom stereocenters. The Kier molecular flexibility index (Phi) is 6.90. The topological polar surface area (TPSA) is 97.9 Å². The summed E-state index contributed by atoms with van der Waals surface area (Å²) in [5, 5.41) is 14.1. The molecule has 1 aromatic heterocycles. The van der Waals surface area contributed by atoms with Crippen LogP contribution in [0, 0.1) is 0 Å². The number of carbonyl (C=O) groups excluding carboxylic acids is 1. The van der Waals surface area contributed by atoms with Crippen molar-refractivity contribution in [2.75, 3.05) is 53.0 Å². The number of benzene rings is 1. The van der Waals surface area contributed by atoms with Crippen LogP contribution >= 0.6 is 11.6 Å². The molecule has 9 heteroatoms. The fourth-order valence-corrected chi connectivity index (χ4v) is 3.73. The number of nitrogens with zero attached hydrogens (tertiary/aromatic N) is 2. The molecule has 3 N–H and O–H groups in total. The van der Waals surface area contributed by atoms with Crippen molar-refractivity contribution < 1.29 is 19.4 Å². The fourth-order valence-electron chi connectivity index (χ4n) is 3.56. The van der Waals surface area contributed by atoms with E-state index in [1.807, 2.05) is 15.9 Å².